The van der Waals surface area contributed by atoms with Crippen molar-refractivity contribution in [2.24, 2.45) is 0 Å². The molecule has 0 aliphatic carbocycles. The molecule has 0 saturated carbocycles. The Labute approximate surface area is 109 Å². The lowest BCUT2D eigenvalue weighted by Gasteiger charge is -2.18. The van der Waals surface area contributed by atoms with Crippen LogP contribution in [0.15, 0.2) is 27.1 Å². The Hall–Kier alpha value is -0.500. The molecule has 0 bridgehead atoms. The molecule has 94 valence electrons. The Bertz CT molecular complexity index is 455. The second-order valence-electron chi connectivity index (χ2n) is 3.00. The molecule has 0 N–H and O–H groups in total. The predicted octanol–water partition coefficient (Wildman–Crippen LogP) is 4.59. The monoisotopic (exact) mass is 380 g/mol. The van der Waals surface area contributed by atoms with Gasteiger partial charge in [-0.15, -0.1) is 0 Å². The van der Waals surface area contributed by atoms with E-state index in [1.54, 1.807) is 0 Å². The van der Waals surface area contributed by atoms with E-state index in [1.165, 1.54) is 12.1 Å². The van der Waals surface area contributed by atoms with E-state index in [-0.39, 0.29) is 8.95 Å². The summed E-state index contributed by atoms with van der Waals surface area (Å²) in [5.74, 6) is -7.70. The quantitative estimate of drug-likeness (QED) is 0.540. The van der Waals surface area contributed by atoms with E-state index in [1.807, 2.05) is 0 Å². The first kappa shape index (κ1) is 14.6. The third-order valence-electron chi connectivity index (χ3n) is 1.84. The number of carbonyl (C=O) groups excluding carboxylic acids is 1. The van der Waals surface area contributed by atoms with Crippen molar-refractivity contribution in [3.05, 3.63) is 32.7 Å². The molecule has 0 radical (unpaired) electrons. The first-order valence-electron chi connectivity index (χ1n) is 4.02. The van der Waals surface area contributed by atoms with Crippen LogP contribution in [0.1, 0.15) is 10.4 Å². The zero-order valence-electron chi connectivity index (χ0n) is 7.79. The van der Waals surface area contributed by atoms with Crippen molar-refractivity contribution < 1.29 is 26.7 Å². The molecule has 1 aromatic carbocycles. The first-order valence-corrected chi connectivity index (χ1v) is 5.61. The molecule has 8 heteroatoms. The highest BCUT2D eigenvalue weighted by atomic mass is 79.9. The third-order valence-corrected chi connectivity index (χ3v) is 3.88. The molecular formula is C9H3Br2F5O. The summed E-state index contributed by atoms with van der Waals surface area (Å²) in [7, 11) is 0. The Morgan fingerprint density at radius 3 is 2.06 bits per heavy atom. The van der Waals surface area contributed by atoms with Gasteiger partial charge in [0.15, 0.2) is 0 Å². The maximum Gasteiger partial charge on any atom is 0.461 e. The van der Waals surface area contributed by atoms with Crippen LogP contribution in [0.4, 0.5) is 22.0 Å². The number of halogens is 7. The van der Waals surface area contributed by atoms with Crippen molar-refractivity contribution in [2.45, 2.75) is 12.1 Å². The fourth-order valence-corrected chi connectivity index (χ4v) is 1.79. The molecule has 0 spiro atoms. The SMILES string of the molecule is O=C(c1cccc(Br)c1Br)C(F)(F)C(F)(F)F. The van der Waals surface area contributed by atoms with Gasteiger partial charge in [0, 0.05) is 14.5 Å². The van der Waals surface area contributed by atoms with Gasteiger partial charge in [-0.2, -0.15) is 22.0 Å². The van der Waals surface area contributed by atoms with Crippen molar-refractivity contribution in [2.75, 3.05) is 0 Å². The summed E-state index contributed by atoms with van der Waals surface area (Å²) in [6, 6.07) is 3.47. The third kappa shape index (κ3) is 2.67. The minimum atomic E-state index is -5.91. The summed E-state index contributed by atoms with van der Waals surface area (Å²) in [4.78, 5) is 11.2. The molecule has 0 atom stereocenters. The van der Waals surface area contributed by atoms with E-state index in [4.69, 9.17) is 0 Å². The molecule has 0 aliphatic heterocycles. The van der Waals surface area contributed by atoms with Crippen molar-refractivity contribution in [3.63, 3.8) is 0 Å². The minimum absolute atomic E-state index is 0.145. The largest absolute Gasteiger partial charge is 0.461 e. The number of hydrogen-bond donors (Lipinski definition) is 0. The molecule has 1 rings (SSSR count). The van der Waals surface area contributed by atoms with E-state index in [0.717, 1.165) is 6.07 Å². The average molecular weight is 382 g/mol. The van der Waals surface area contributed by atoms with Crippen LogP contribution < -0.4 is 0 Å². The molecular weight excluding hydrogens is 379 g/mol. The smallest absolute Gasteiger partial charge is 0.287 e. The summed E-state index contributed by atoms with van der Waals surface area (Å²) in [6.45, 7) is 0. The highest BCUT2D eigenvalue weighted by Crippen LogP contribution is 2.40. The van der Waals surface area contributed by atoms with Gasteiger partial charge in [-0.3, -0.25) is 4.79 Å². The lowest BCUT2D eigenvalue weighted by atomic mass is 10.1. The van der Waals surface area contributed by atoms with Gasteiger partial charge in [0.05, 0.1) is 0 Å². The van der Waals surface area contributed by atoms with E-state index in [9.17, 15) is 26.7 Å². The topological polar surface area (TPSA) is 17.1 Å². The van der Waals surface area contributed by atoms with Crippen LogP contribution in [0.2, 0.25) is 0 Å². The molecule has 0 aliphatic rings. The Kier molecular flexibility index (Phi) is 3.97. The van der Waals surface area contributed by atoms with Crippen LogP contribution in [-0.2, 0) is 0 Å². The van der Waals surface area contributed by atoms with E-state index >= 15 is 0 Å². The van der Waals surface area contributed by atoms with Gasteiger partial charge < -0.3 is 0 Å². The molecule has 0 fully saturated rings. The van der Waals surface area contributed by atoms with Crippen molar-refractivity contribution in [1.29, 1.82) is 0 Å². The second kappa shape index (κ2) is 4.64. The number of alkyl halides is 5. The summed E-state index contributed by atoms with van der Waals surface area (Å²) in [5, 5.41) is 0. The summed E-state index contributed by atoms with van der Waals surface area (Å²) >= 11 is 5.68. The molecule has 0 heterocycles. The Balaban J connectivity index is 3.27. The molecule has 0 saturated heterocycles. The molecule has 0 aromatic heterocycles. The zero-order valence-corrected chi connectivity index (χ0v) is 11.0. The number of carbonyl (C=O) groups is 1. The van der Waals surface area contributed by atoms with E-state index < -0.39 is 23.4 Å². The summed E-state index contributed by atoms with van der Waals surface area (Å²) in [6.07, 6.45) is -5.91. The van der Waals surface area contributed by atoms with Crippen LogP contribution in [-0.4, -0.2) is 17.9 Å². The maximum absolute atomic E-state index is 12.8. The maximum atomic E-state index is 12.8. The van der Waals surface area contributed by atoms with Gasteiger partial charge in [-0.1, -0.05) is 6.07 Å². The zero-order chi connectivity index (χ0) is 13.4. The highest BCUT2D eigenvalue weighted by molar-refractivity contribution is 9.13. The Morgan fingerprint density at radius 1 is 1.06 bits per heavy atom. The number of benzene rings is 1. The van der Waals surface area contributed by atoms with Crippen LogP contribution in [0.5, 0.6) is 0 Å². The number of hydrogen-bond acceptors (Lipinski definition) is 1. The lowest BCUT2D eigenvalue weighted by molar-refractivity contribution is -0.255. The van der Waals surface area contributed by atoms with Crippen LogP contribution in [0.3, 0.4) is 0 Å². The second-order valence-corrected chi connectivity index (χ2v) is 4.65. The molecule has 1 nitrogen and oxygen atoms in total. The molecule has 1 aromatic rings. The van der Waals surface area contributed by atoms with Gasteiger partial charge in [0.2, 0.25) is 5.78 Å². The summed E-state index contributed by atoms with van der Waals surface area (Å²) < 4.78 is 61.7. The van der Waals surface area contributed by atoms with Crippen LogP contribution >= 0.6 is 31.9 Å². The normalized spacial score (nSPS) is 12.6. The Morgan fingerprint density at radius 2 is 1.59 bits per heavy atom. The highest BCUT2D eigenvalue weighted by Gasteiger charge is 2.63. The van der Waals surface area contributed by atoms with Gasteiger partial charge >= 0.3 is 12.1 Å². The van der Waals surface area contributed by atoms with Crippen molar-refractivity contribution in [1.82, 2.24) is 0 Å². The van der Waals surface area contributed by atoms with Crippen molar-refractivity contribution in [3.8, 4) is 0 Å². The van der Waals surface area contributed by atoms with E-state index in [2.05, 4.69) is 31.9 Å². The number of rotatable bonds is 2. The molecule has 0 amide bonds. The van der Waals surface area contributed by atoms with Crippen molar-refractivity contribution >= 4 is 37.6 Å². The fourth-order valence-electron chi connectivity index (χ4n) is 0.977. The van der Waals surface area contributed by atoms with Gasteiger partial charge in [0.1, 0.15) is 0 Å². The predicted molar refractivity (Wildman–Crippen MR) is 57.2 cm³/mol. The lowest BCUT2D eigenvalue weighted by Crippen LogP contribution is -2.44. The average Bonchev–Trinajstić information content (AvgIpc) is 2.19. The molecule has 17 heavy (non-hydrogen) atoms. The van der Waals surface area contributed by atoms with Crippen LogP contribution in [0, 0.1) is 0 Å². The van der Waals surface area contributed by atoms with Gasteiger partial charge in [-0.05, 0) is 44.0 Å². The van der Waals surface area contributed by atoms with Gasteiger partial charge in [-0.25, -0.2) is 0 Å². The first-order chi connectivity index (χ1) is 7.59. The summed E-state index contributed by atoms with van der Waals surface area (Å²) in [5.41, 5.74) is -0.735. The number of Topliss-reactive ketones (excluding diaryl/α,β-unsaturated/α-hetero) is 1. The molecule has 0 unspecified atom stereocenters. The fraction of sp³-hybridized carbons (Fsp3) is 0.222. The number of ketones is 1. The van der Waals surface area contributed by atoms with Gasteiger partial charge in [0.25, 0.3) is 0 Å². The van der Waals surface area contributed by atoms with Crippen LogP contribution in [0.25, 0.3) is 0 Å². The minimum Gasteiger partial charge on any atom is -0.287 e. The standard InChI is InChI=1S/C9H3Br2F5O/c10-5-3-1-2-4(6(5)11)7(17)8(12,13)9(14,15)16/h1-3H. The van der Waals surface area contributed by atoms with E-state index in [0.29, 0.717) is 0 Å².